The molecule has 0 spiro atoms. The number of likely N-dealkylation sites (tertiary alicyclic amines) is 1. The zero-order valence-corrected chi connectivity index (χ0v) is 15.7. The lowest BCUT2D eigenvalue weighted by atomic mass is 9.84. The van der Waals surface area contributed by atoms with Crippen molar-refractivity contribution in [3.05, 3.63) is 58.5 Å². The van der Waals surface area contributed by atoms with E-state index >= 15 is 0 Å². The van der Waals surface area contributed by atoms with E-state index in [4.69, 9.17) is 9.15 Å². The number of furan rings is 1. The molecule has 1 fully saturated rings. The van der Waals surface area contributed by atoms with Crippen molar-refractivity contribution in [2.24, 2.45) is 0 Å². The average molecular weight is 410 g/mol. The standard InChI is InChI=1S/C19H24BrNO4/c20-16-5-3-15(4-6-16)19(23)7-9-21(10-8-19)12-17(22)13-24-14-18-2-1-11-25-18/h1-6,11,17,22-23H,7-10,12-14H2. The van der Waals surface area contributed by atoms with Crippen molar-refractivity contribution in [1.29, 1.82) is 0 Å². The molecule has 1 aromatic heterocycles. The highest BCUT2D eigenvalue weighted by atomic mass is 79.9. The molecule has 1 unspecified atom stereocenters. The van der Waals surface area contributed by atoms with Crippen LogP contribution in [0.2, 0.25) is 0 Å². The number of halogens is 1. The van der Waals surface area contributed by atoms with Crippen molar-refractivity contribution in [2.45, 2.75) is 31.2 Å². The molecule has 0 saturated carbocycles. The summed E-state index contributed by atoms with van der Waals surface area (Å²) in [5.74, 6) is 0.754. The first-order valence-electron chi connectivity index (χ1n) is 8.54. The smallest absolute Gasteiger partial charge is 0.129 e. The molecule has 0 amide bonds. The van der Waals surface area contributed by atoms with Crippen molar-refractivity contribution in [1.82, 2.24) is 4.90 Å². The minimum Gasteiger partial charge on any atom is -0.467 e. The molecule has 0 bridgehead atoms. The molecular formula is C19H24BrNO4. The minimum atomic E-state index is -0.780. The van der Waals surface area contributed by atoms with Crippen LogP contribution in [0, 0.1) is 0 Å². The quantitative estimate of drug-likeness (QED) is 0.735. The highest BCUT2D eigenvalue weighted by Gasteiger charge is 2.34. The molecule has 2 N–H and O–H groups in total. The van der Waals surface area contributed by atoms with Crippen molar-refractivity contribution < 1.29 is 19.4 Å². The Kier molecular flexibility index (Phi) is 6.30. The SMILES string of the molecule is OC(COCc1ccco1)CN1CCC(O)(c2ccc(Br)cc2)CC1. The van der Waals surface area contributed by atoms with Crippen LogP contribution in [-0.2, 0) is 16.9 Å². The fourth-order valence-corrected chi connectivity index (χ4v) is 3.46. The first-order chi connectivity index (χ1) is 12.0. The zero-order chi connectivity index (χ0) is 17.7. The maximum atomic E-state index is 10.9. The monoisotopic (exact) mass is 409 g/mol. The lowest BCUT2D eigenvalue weighted by molar-refractivity contribution is -0.0449. The van der Waals surface area contributed by atoms with Crippen LogP contribution in [0.1, 0.15) is 24.2 Å². The van der Waals surface area contributed by atoms with Gasteiger partial charge in [-0.1, -0.05) is 28.1 Å². The Hall–Kier alpha value is -1.18. The minimum absolute atomic E-state index is 0.272. The number of hydrogen-bond donors (Lipinski definition) is 2. The Morgan fingerprint density at radius 3 is 2.56 bits per heavy atom. The number of benzene rings is 1. The van der Waals surface area contributed by atoms with Gasteiger partial charge in [0.2, 0.25) is 0 Å². The number of ether oxygens (including phenoxy) is 1. The van der Waals surface area contributed by atoms with Crippen LogP contribution < -0.4 is 0 Å². The maximum absolute atomic E-state index is 10.9. The summed E-state index contributed by atoms with van der Waals surface area (Å²) in [4.78, 5) is 2.17. The third-order valence-electron chi connectivity index (χ3n) is 4.67. The molecule has 0 radical (unpaired) electrons. The van der Waals surface area contributed by atoms with Crippen LogP contribution in [0.4, 0.5) is 0 Å². The van der Waals surface area contributed by atoms with Crippen molar-refractivity contribution in [3.8, 4) is 0 Å². The van der Waals surface area contributed by atoms with E-state index in [1.54, 1.807) is 6.26 Å². The molecule has 1 aliphatic rings. The van der Waals surface area contributed by atoms with E-state index in [0.29, 0.717) is 26.0 Å². The third kappa shape index (κ3) is 5.15. The number of rotatable bonds is 7. The average Bonchev–Trinajstić information content (AvgIpc) is 3.11. The number of nitrogens with zero attached hydrogens (tertiary/aromatic N) is 1. The normalized spacial score (nSPS) is 19.0. The predicted octanol–water partition coefficient (Wildman–Crippen LogP) is 2.90. The van der Waals surface area contributed by atoms with Gasteiger partial charge in [0.25, 0.3) is 0 Å². The molecule has 25 heavy (non-hydrogen) atoms. The molecule has 6 heteroatoms. The van der Waals surface area contributed by atoms with E-state index in [1.807, 2.05) is 36.4 Å². The van der Waals surface area contributed by atoms with Crippen LogP contribution >= 0.6 is 15.9 Å². The van der Waals surface area contributed by atoms with Gasteiger partial charge in [0, 0.05) is 24.1 Å². The van der Waals surface area contributed by atoms with E-state index in [0.717, 1.165) is 28.9 Å². The third-order valence-corrected chi connectivity index (χ3v) is 5.20. The molecule has 136 valence electrons. The summed E-state index contributed by atoms with van der Waals surface area (Å²) in [5.41, 5.74) is 0.176. The van der Waals surface area contributed by atoms with Crippen LogP contribution in [0.15, 0.2) is 51.6 Å². The second kappa shape index (κ2) is 8.47. The summed E-state index contributed by atoms with van der Waals surface area (Å²) >= 11 is 3.42. The first-order valence-corrected chi connectivity index (χ1v) is 9.33. The fraction of sp³-hybridized carbons (Fsp3) is 0.474. The van der Waals surface area contributed by atoms with Crippen LogP contribution in [0.5, 0.6) is 0 Å². The van der Waals surface area contributed by atoms with Crippen molar-refractivity contribution >= 4 is 15.9 Å². The molecule has 1 aromatic carbocycles. The van der Waals surface area contributed by atoms with E-state index in [2.05, 4.69) is 20.8 Å². The van der Waals surface area contributed by atoms with Crippen LogP contribution in [0.25, 0.3) is 0 Å². The van der Waals surface area contributed by atoms with Gasteiger partial charge in [-0.2, -0.15) is 0 Å². The summed E-state index contributed by atoms with van der Waals surface area (Å²) < 4.78 is 11.7. The number of hydrogen-bond acceptors (Lipinski definition) is 5. The van der Waals surface area contributed by atoms with Crippen molar-refractivity contribution in [2.75, 3.05) is 26.2 Å². The number of piperidine rings is 1. The van der Waals surface area contributed by atoms with Gasteiger partial charge in [0.15, 0.2) is 0 Å². The second-order valence-electron chi connectivity index (χ2n) is 6.59. The summed E-state index contributed by atoms with van der Waals surface area (Å²) in [6.07, 6.45) is 2.38. The van der Waals surface area contributed by atoms with Gasteiger partial charge < -0.3 is 24.3 Å². The number of aliphatic hydroxyl groups excluding tert-OH is 1. The maximum Gasteiger partial charge on any atom is 0.129 e. The highest BCUT2D eigenvalue weighted by molar-refractivity contribution is 9.10. The number of aliphatic hydroxyl groups is 2. The summed E-state index contributed by atoms with van der Waals surface area (Å²) in [6, 6.07) is 11.5. The Bertz CT molecular complexity index is 636. The van der Waals surface area contributed by atoms with E-state index < -0.39 is 11.7 Å². The van der Waals surface area contributed by atoms with E-state index in [1.165, 1.54) is 0 Å². The molecule has 0 aliphatic carbocycles. The highest BCUT2D eigenvalue weighted by Crippen LogP contribution is 2.33. The Morgan fingerprint density at radius 2 is 1.92 bits per heavy atom. The lowest BCUT2D eigenvalue weighted by Crippen LogP contribution is -2.45. The van der Waals surface area contributed by atoms with Crippen molar-refractivity contribution in [3.63, 3.8) is 0 Å². The van der Waals surface area contributed by atoms with E-state index in [-0.39, 0.29) is 6.61 Å². The largest absolute Gasteiger partial charge is 0.467 e. The van der Waals surface area contributed by atoms with Gasteiger partial charge in [0.05, 0.1) is 24.6 Å². The molecule has 2 heterocycles. The van der Waals surface area contributed by atoms with Gasteiger partial charge in [0.1, 0.15) is 12.4 Å². The lowest BCUT2D eigenvalue weighted by Gasteiger charge is -2.39. The first kappa shape index (κ1) is 18.6. The van der Waals surface area contributed by atoms with E-state index in [9.17, 15) is 10.2 Å². The van der Waals surface area contributed by atoms with Gasteiger partial charge >= 0.3 is 0 Å². The Labute approximate surface area is 156 Å². The summed E-state index contributed by atoms with van der Waals surface area (Å²) in [7, 11) is 0. The molecule has 5 nitrogen and oxygen atoms in total. The van der Waals surface area contributed by atoms with Gasteiger partial charge in [-0.05, 0) is 42.7 Å². The number of β-amino-alcohol motifs (C(OH)–C–C–N with tert-alkyl or cyclic N) is 1. The van der Waals surface area contributed by atoms with Gasteiger partial charge in [-0.3, -0.25) is 0 Å². The summed E-state index contributed by atoms with van der Waals surface area (Å²) in [6.45, 7) is 2.69. The zero-order valence-electron chi connectivity index (χ0n) is 14.1. The Morgan fingerprint density at radius 1 is 1.20 bits per heavy atom. The molecule has 1 aliphatic heterocycles. The predicted molar refractivity (Wildman–Crippen MR) is 98.1 cm³/mol. The second-order valence-corrected chi connectivity index (χ2v) is 7.50. The van der Waals surface area contributed by atoms with Crippen LogP contribution in [-0.4, -0.2) is 47.5 Å². The molecule has 3 rings (SSSR count). The van der Waals surface area contributed by atoms with Gasteiger partial charge in [-0.15, -0.1) is 0 Å². The fourth-order valence-electron chi connectivity index (χ4n) is 3.20. The Balaban J connectivity index is 1.41. The van der Waals surface area contributed by atoms with Gasteiger partial charge in [-0.25, -0.2) is 0 Å². The molecular weight excluding hydrogens is 386 g/mol. The topological polar surface area (TPSA) is 66.1 Å². The molecule has 1 atom stereocenters. The molecule has 1 saturated heterocycles. The van der Waals surface area contributed by atoms with Crippen LogP contribution in [0.3, 0.4) is 0 Å². The summed E-state index contributed by atoms with van der Waals surface area (Å²) in [5, 5.41) is 21.0. The molecule has 2 aromatic rings.